The maximum absolute atomic E-state index is 12.2. The van der Waals surface area contributed by atoms with E-state index in [-0.39, 0.29) is 6.54 Å². The number of nitrogens with one attached hydrogen (secondary N) is 3. The molecule has 3 rings (SSSR count). The molecule has 0 aliphatic heterocycles. The molecule has 0 saturated carbocycles. The first-order valence-electron chi connectivity index (χ1n) is 8.51. The van der Waals surface area contributed by atoms with Gasteiger partial charge in [-0.2, -0.15) is 10.2 Å². The highest BCUT2D eigenvalue weighted by atomic mass is 16.5. The van der Waals surface area contributed by atoms with E-state index in [1.165, 1.54) is 13.3 Å². The van der Waals surface area contributed by atoms with Crippen molar-refractivity contribution in [2.45, 2.75) is 0 Å². The van der Waals surface area contributed by atoms with Crippen molar-refractivity contribution in [3.05, 3.63) is 71.9 Å². The van der Waals surface area contributed by atoms with E-state index in [1.54, 1.807) is 30.5 Å². The van der Waals surface area contributed by atoms with Crippen LogP contribution < -0.4 is 15.5 Å². The van der Waals surface area contributed by atoms with E-state index in [0.717, 1.165) is 16.8 Å². The highest BCUT2D eigenvalue weighted by molar-refractivity contribution is 5.98. The minimum absolute atomic E-state index is 0.217. The van der Waals surface area contributed by atoms with Crippen molar-refractivity contribution < 1.29 is 14.3 Å². The fraction of sp³-hybridized carbons (Fsp3) is 0.100. The van der Waals surface area contributed by atoms with Crippen molar-refractivity contribution in [3.63, 3.8) is 0 Å². The lowest BCUT2D eigenvalue weighted by Crippen LogP contribution is -2.35. The van der Waals surface area contributed by atoms with Crippen LogP contribution >= 0.6 is 0 Å². The Hall–Kier alpha value is -3.94. The highest BCUT2D eigenvalue weighted by Crippen LogP contribution is 2.19. The van der Waals surface area contributed by atoms with Crippen LogP contribution in [0.15, 0.2) is 65.9 Å². The number of methoxy groups -OCH3 is 1. The highest BCUT2D eigenvalue weighted by Gasteiger charge is 2.12. The molecular weight excluding hydrogens is 358 g/mol. The maximum atomic E-state index is 12.2. The van der Waals surface area contributed by atoms with Gasteiger partial charge in [0.25, 0.3) is 11.8 Å². The van der Waals surface area contributed by atoms with E-state index in [9.17, 15) is 9.59 Å². The van der Waals surface area contributed by atoms with Crippen LogP contribution in [0.5, 0.6) is 5.75 Å². The summed E-state index contributed by atoms with van der Waals surface area (Å²) >= 11 is 0. The Bertz CT molecular complexity index is 982. The number of para-hydroxylation sites is 1. The quantitative estimate of drug-likeness (QED) is 0.432. The Morgan fingerprint density at radius 1 is 1.14 bits per heavy atom. The first-order valence-corrected chi connectivity index (χ1v) is 8.51. The summed E-state index contributed by atoms with van der Waals surface area (Å²) in [6.45, 7) is -0.217. The molecule has 8 nitrogen and oxygen atoms in total. The summed E-state index contributed by atoms with van der Waals surface area (Å²) < 4.78 is 5.13. The van der Waals surface area contributed by atoms with Crippen LogP contribution in [0.2, 0.25) is 0 Å². The molecule has 8 heteroatoms. The standard InChI is InChI=1S/C20H19N5O3/c1-28-17-10-6-5-9-16(17)20(27)21-13-18(26)24-22-11-15-12-23-25-19(15)14-7-3-2-4-8-14/h2-12H,13H2,1H3,(H,21,27)(H,23,25)(H,24,26)/b22-11-. The predicted octanol–water partition coefficient (Wildman–Crippen LogP) is 1.97. The molecule has 1 heterocycles. The smallest absolute Gasteiger partial charge is 0.259 e. The van der Waals surface area contributed by atoms with Gasteiger partial charge in [-0.25, -0.2) is 5.43 Å². The molecule has 28 heavy (non-hydrogen) atoms. The summed E-state index contributed by atoms with van der Waals surface area (Å²) in [6, 6.07) is 16.4. The Morgan fingerprint density at radius 2 is 1.89 bits per heavy atom. The number of ether oxygens (including phenoxy) is 1. The fourth-order valence-corrected chi connectivity index (χ4v) is 2.53. The number of H-pyrrole nitrogens is 1. The van der Waals surface area contributed by atoms with Gasteiger partial charge in [-0.1, -0.05) is 42.5 Å². The SMILES string of the molecule is COc1ccccc1C(=O)NCC(=O)N/N=C\c1cn[nH]c1-c1ccccc1. The predicted molar refractivity (Wildman–Crippen MR) is 105 cm³/mol. The fourth-order valence-electron chi connectivity index (χ4n) is 2.53. The average Bonchev–Trinajstić information content (AvgIpc) is 3.21. The molecule has 2 aromatic carbocycles. The lowest BCUT2D eigenvalue weighted by molar-refractivity contribution is -0.120. The van der Waals surface area contributed by atoms with Gasteiger partial charge in [0.2, 0.25) is 0 Å². The molecule has 142 valence electrons. The largest absolute Gasteiger partial charge is 0.496 e. The molecule has 0 spiro atoms. The van der Waals surface area contributed by atoms with Crippen LogP contribution in [0, 0.1) is 0 Å². The van der Waals surface area contributed by atoms with Gasteiger partial charge in [0.05, 0.1) is 37.3 Å². The minimum atomic E-state index is -0.454. The summed E-state index contributed by atoms with van der Waals surface area (Å²) in [5.74, 6) is -0.422. The molecule has 0 fully saturated rings. The number of hydrogen-bond donors (Lipinski definition) is 3. The molecule has 0 atom stereocenters. The number of carbonyl (C=O) groups excluding carboxylic acids is 2. The van der Waals surface area contributed by atoms with Crippen LogP contribution in [0.1, 0.15) is 15.9 Å². The Kier molecular flexibility index (Phi) is 6.14. The molecular formula is C20H19N5O3. The van der Waals surface area contributed by atoms with Gasteiger partial charge >= 0.3 is 0 Å². The number of aromatic amines is 1. The molecule has 0 bridgehead atoms. The third-order valence-electron chi connectivity index (χ3n) is 3.89. The van der Waals surface area contributed by atoms with Crippen molar-refractivity contribution in [3.8, 4) is 17.0 Å². The zero-order valence-electron chi connectivity index (χ0n) is 15.2. The van der Waals surface area contributed by atoms with E-state index in [4.69, 9.17) is 4.74 Å². The summed E-state index contributed by atoms with van der Waals surface area (Å²) in [6.07, 6.45) is 3.10. The number of nitrogens with zero attached hydrogens (tertiary/aromatic N) is 2. The van der Waals surface area contributed by atoms with Gasteiger partial charge in [0, 0.05) is 11.1 Å². The van der Waals surface area contributed by atoms with Gasteiger partial charge in [0.1, 0.15) is 5.75 Å². The maximum Gasteiger partial charge on any atom is 0.259 e. The van der Waals surface area contributed by atoms with E-state index in [1.807, 2.05) is 30.3 Å². The monoisotopic (exact) mass is 377 g/mol. The first-order chi connectivity index (χ1) is 13.7. The van der Waals surface area contributed by atoms with Gasteiger partial charge in [-0.3, -0.25) is 14.7 Å². The van der Waals surface area contributed by atoms with Crippen LogP contribution in [0.4, 0.5) is 0 Å². The van der Waals surface area contributed by atoms with Gasteiger partial charge in [0.15, 0.2) is 0 Å². The molecule has 1 aromatic heterocycles. The van der Waals surface area contributed by atoms with E-state index < -0.39 is 11.8 Å². The molecule has 0 unspecified atom stereocenters. The zero-order chi connectivity index (χ0) is 19.8. The van der Waals surface area contributed by atoms with Crippen LogP contribution in [0.25, 0.3) is 11.3 Å². The van der Waals surface area contributed by atoms with Crippen molar-refractivity contribution in [2.24, 2.45) is 5.10 Å². The molecule has 0 radical (unpaired) electrons. The normalized spacial score (nSPS) is 10.6. The number of aromatic nitrogens is 2. The van der Waals surface area contributed by atoms with Gasteiger partial charge in [-0.05, 0) is 12.1 Å². The lowest BCUT2D eigenvalue weighted by atomic mass is 10.1. The molecule has 0 aliphatic carbocycles. The van der Waals surface area contributed by atoms with Crippen molar-refractivity contribution in [2.75, 3.05) is 13.7 Å². The summed E-state index contributed by atoms with van der Waals surface area (Å²) in [5.41, 5.74) is 5.21. The second kappa shape index (κ2) is 9.13. The van der Waals surface area contributed by atoms with Crippen molar-refractivity contribution in [1.82, 2.24) is 20.9 Å². The van der Waals surface area contributed by atoms with Crippen LogP contribution in [-0.2, 0) is 4.79 Å². The zero-order valence-corrected chi connectivity index (χ0v) is 15.2. The third kappa shape index (κ3) is 4.61. The number of amides is 2. The lowest BCUT2D eigenvalue weighted by Gasteiger charge is -2.08. The van der Waals surface area contributed by atoms with E-state index in [2.05, 4.69) is 26.0 Å². The summed E-state index contributed by atoms with van der Waals surface area (Å²) in [5, 5.41) is 13.4. The Morgan fingerprint density at radius 3 is 2.68 bits per heavy atom. The topological polar surface area (TPSA) is 108 Å². The third-order valence-corrected chi connectivity index (χ3v) is 3.89. The average molecular weight is 377 g/mol. The number of rotatable bonds is 7. The van der Waals surface area contributed by atoms with Gasteiger partial charge < -0.3 is 10.1 Å². The number of hydrogen-bond acceptors (Lipinski definition) is 5. The van der Waals surface area contributed by atoms with Crippen molar-refractivity contribution in [1.29, 1.82) is 0 Å². The molecule has 3 N–H and O–H groups in total. The second-order valence-electron chi connectivity index (χ2n) is 5.74. The molecule has 0 saturated heterocycles. The summed E-state index contributed by atoms with van der Waals surface area (Å²) in [7, 11) is 1.48. The number of benzene rings is 2. The molecule has 2 amide bonds. The number of hydrazone groups is 1. The second-order valence-corrected chi connectivity index (χ2v) is 5.74. The summed E-state index contributed by atoms with van der Waals surface area (Å²) in [4.78, 5) is 24.1. The van der Waals surface area contributed by atoms with Crippen molar-refractivity contribution >= 4 is 18.0 Å². The molecule has 0 aliphatic rings. The Labute approximate surface area is 161 Å². The van der Waals surface area contributed by atoms with Crippen LogP contribution in [-0.4, -0.2) is 41.9 Å². The number of carbonyl (C=O) groups is 2. The van der Waals surface area contributed by atoms with E-state index in [0.29, 0.717) is 11.3 Å². The minimum Gasteiger partial charge on any atom is -0.496 e. The Balaban J connectivity index is 1.54. The molecule has 3 aromatic rings. The first kappa shape index (κ1) is 18.8. The van der Waals surface area contributed by atoms with Gasteiger partial charge in [-0.15, -0.1) is 0 Å². The van der Waals surface area contributed by atoms with E-state index >= 15 is 0 Å². The van der Waals surface area contributed by atoms with Crippen LogP contribution in [0.3, 0.4) is 0 Å².